The standard InChI is InChI=1S/C37H49N3O4S/c1-22-15-17-25(18-16-22)45(42,43)39-38-30-26(35(6,7)8)21-28(37(12,13)14)33-31(30)40(23(2)41)29-20-24(34(3,4)5)19-27(32(29)44-33)36(9,10)11/h15-21H,1-14H3. The number of benzene rings is 3. The zero-order valence-corrected chi connectivity index (χ0v) is 30.2. The Morgan fingerprint density at radius 3 is 1.69 bits per heavy atom. The van der Waals surface area contributed by atoms with Crippen molar-refractivity contribution in [1.29, 1.82) is 0 Å². The molecular formula is C37H49N3O4S. The van der Waals surface area contributed by atoms with Crippen LogP contribution in [0.1, 0.15) is 118 Å². The second kappa shape index (κ2) is 11.1. The van der Waals surface area contributed by atoms with Crippen molar-refractivity contribution in [3.05, 3.63) is 70.3 Å². The molecule has 4 rings (SSSR count). The first-order valence-electron chi connectivity index (χ1n) is 15.5. The molecule has 0 unspecified atom stereocenters. The average Bonchev–Trinajstić information content (AvgIpc) is 2.87. The fraction of sp³-hybridized carbons (Fsp3) is 0.486. The fourth-order valence-corrected chi connectivity index (χ4v) is 6.22. The largest absolute Gasteiger partial charge is 0.452 e. The normalized spacial score (nSPS) is 14.3. The lowest BCUT2D eigenvalue weighted by atomic mass is 9.77. The van der Waals surface area contributed by atoms with Crippen molar-refractivity contribution < 1.29 is 17.9 Å². The van der Waals surface area contributed by atoms with Crippen molar-refractivity contribution in [3.63, 3.8) is 0 Å². The maximum atomic E-state index is 13.9. The summed E-state index contributed by atoms with van der Waals surface area (Å²) in [6.07, 6.45) is 0. The van der Waals surface area contributed by atoms with Crippen molar-refractivity contribution in [2.24, 2.45) is 9.63 Å². The van der Waals surface area contributed by atoms with Crippen LogP contribution in [0.25, 0.3) is 0 Å². The van der Waals surface area contributed by atoms with Crippen molar-refractivity contribution >= 4 is 33.0 Å². The minimum atomic E-state index is -4.14. The predicted molar refractivity (Wildman–Crippen MR) is 183 cm³/mol. The minimum Gasteiger partial charge on any atom is -0.452 e. The SMILES string of the molecule is CC(=O)N1c2cc(C(C)(C)C)cc(C(C)(C)C)c2Oc2c(C(C)(C)C)cc(C(C)(C)C)c(N=NS(=O)(=O)c3ccc(C)cc3)c21. The number of hydrogen-bond donors (Lipinski definition) is 0. The molecule has 0 atom stereocenters. The molecule has 242 valence electrons. The number of amides is 1. The van der Waals surface area contributed by atoms with Gasteiger partial charge in [-0.3, -0.25) is 9.69 Å². The molecule has 3 aromatic carbocycles. The third-order valence-corrected chi connectivity index (χ3v) is 9.30. The van der Waals surface area contributed by atoms with Crippen LogP contribution >= 0.6 is 0 Å². The molecule has 45 heavy (non-hydrogen) atoms. The van der Waals surface area contributed by atoms with Crippen LogP contribution in [0.5, 0.6) is 11.5 Å². The van der Waals surface area contributed by atoms with Gasteiger partial charge < -0.3 is 4.74 Å². The third-order valence-electron chi connectivity index (χ3n) is 8.14. The number of fused-ring (bicyclic) bond motifs is 2. The summed E-state index contributed by atoms with van der Waals surface area (Å²) in [5.41, 5.74) is 4.53. The Morgan fingerprint density at radius 2 is 1.22 bits per heavy atom. The fourth-order valence-electron chi connectivity index (χ4n) is 5.46. The predicted octanol–water partition coefficient (Wildman–Crippen LogP) is 10.4. The van der Waals surface area contributed by atoms with Gasteiger partial charge in [-0.25, -0.2) is 0 Å². The molecule has 0 saturated carbocycles. The van der Waals surface area contributed by atoms with E-state index in [9.17, 15) is 13.2 Å². The lowest BCUT2D eigenvalue weighted by Crippen LogP contribution is -2.31. The van der Waals surface area contributed by atoms with E-state index >= 15 is 0 Å². The van der Waals surface area contributed by atoms with Crippen LogP contribution in [0.4, 0.5) is 17.1 Å². The second-order valence-electron chi connectivity index (χ2n) is 16.3. The van der Waals surface area contributed by atoms with Gasteiger partial charge in [-0.15, -0.1) is 5.11 Å². The Morgan fingerprint density at radius 1 is 0.711 bits per heavy atom. The van der Waals surface area contributed by atoms with E-state index in [1.807, 2.05) is 39.8 Å². The van der Waals surface area contributed by atoms with Crippen LogP contribution in [0.15, 0.2) is 57.0 Å². The van der Waals surface area contributed by atoms with Crippen LogP contribution in [-0.2, 0) is 36.5 Å². The molecule has 0 aromatic heterocycles. The average molecular weight is 632 g/mol. The first-order valence-corrected chi connectivity index (χ1v) is 16.9. The highest BCUT2D eigenvalue weighted by atomic mass is 32.2. The van der Waals surface area contributed by atoms with Gasteiger partial charge in [0, 0.05) is 18.1 Å². The summed E-state index contributed by atoms with van der Waals surface area (Å²) in [5.74, 6) is 0.853. The zero-order chi connectivity index (χ0) is 34.1. The summed E-state index contributed by atoms with van der Waals surface area (Å²) < 4.78 is 37.7. The number of anilines is 2. The first-order chi connectivity index (χ1) is 20.3. The van der Waals surface area contributed by atoms with Gasteiger partial charge in [0.1, 0.15) is 11.4 Å². The van der Waals surface area contributed by atoms with Gasteiger partial charge in [0.25, 0.3) is 10.0 Å². The molecule has 1 aliphatic heterocycles. The minimum absolute atomic E-state index is 0.0454. The van der Waals surface area contributed by atoms with E-state index in [0.29, 0.717) is 28.6 Å². The number of sulfonamides is 1. The quantitative estimate of drug-likeness (QED) is 0.269. The Balaban J connectivity index is 2.18. The highest BCUT2D eigenvalue weighted by Crippen LogP contribution is 2.59. The number of carbonyl (C=O) groups excluding carboxylic acids is 1. The van der Waals surface area contributed by atoms with Crippen molar-refractivity contribution in [1.82, 2.24) is 0 Å². The smallest absolute Gasteiger partial charge is 0.299 e. The lowest BCUT2D eigenvalue weighted by molar-refractivity contribution is -0.115. The molecule has 1 aliphatic rings. The summed E-state index contributed by atoms with van der Waals surface area (Å²) in [7, 11) is -4.14. The van der Waals surface area contributed by atoms with Crippen LogP contribution in [0, 0.1) is 6.92 Å². The molecule has 0 bridgehead atoms. The van der Waals surface area contributed by atoms with Gasteiger partial charge in [-0.2, -0.15) is 8.42 Å². The highest BCUT2D eigenvalue weighted by Gasteiger charge is 2.41. The zero-order valence-electron chi connectivity index (χ0n) is 29.4. The lowest BCUT2D eigenvalue weighted by Gasteiger charge is -2.40. The van der Waals surface area contributed by atoms with E-state index in [4.69, 9.17) is 4.74 Å². The summed E-state index contributed by atoms with van der Waals surface area (Å²) in [6, 6.07) is 12.7. The first kappa shape index (κ1) is 34.4. The summed E-state index contributed by atoms with van der Waals surface area (Å²) in [6.45, 7) is 28.7. The van der Waals surface area contributed by atoms with E-state index in [1.165, 1.54) is 19.1 Å². The van der Waals surface area contributed by atoms with Gasteiger partial charge in [0.2, 0.25) is 5.91 Å². The molecule has 8 heteroatoms. The Kier molecular flexibility index (Phi) is 8.45. The molecule has 7 nitrogen and oxygen atoms in total. The van der Waals surface area contributed by atoms with Crippen molar-refractivity contribution in [3.8, 4) is 11.5 Å². The van der Waals surface area contributed by atoms with E-state index in [0.717, 1.165) is 27.8 Å². The van der Waals surface area contributed by atoms with Gasteiger partial charge in [0.05, 0.1) is 10.6 Å². The van der Waals surface area contributed by atoms with Crippen LogP contribution < -0.4 is 9.64 Å². The van der Waals surface area contributed by atoms with Gasteiger partial charge >= 0.3 is 0 Å². The summed E-state index contributed by atoms with van der Waals surface area (Å²) >= 11 is 0. The molecule has 0 radical (unpaired) electrons. The molecule has 0 N–H and O–H groups in total. The summed E-state index contributed by atoms with van der Waals surface area (Å²) in [5, 5.41) is 4.49. The topological polar surface area (TPSA) is 88.4 Å². The Hall–Kier alpha value is -3.52. The number of carbonyl (C=O) groups is 1. The van der Waals surface area contributed by atoms with Crippen molar-refractivity contribution in [2.45, 2.75) is 123 Å². The third kappa shape index (κ3) is 6.71. The molecule has 1 heterocycles. The monoisotopic (exact) mass is 631 g/mol. The van der Waals surface area contributed by atoms with Crippen molar-refractivity contribution in [2.75, 3.05) is 4.90 Å². The second-order valence-corrected chi connectivity index (χ2v) is 17.9. The molecule has 0 spiro atoms. The van der Waals surface area contributed by atoms with E-state index < -0.39 is 15.4 Å². The van der Waals surface area contributed by atoms with Gasteiger partial charge in [0.15, 0.2) is 11.5 Å². The number of hydrogen-bond acceptors (Lipinski definition) is 5. The van der Waals surface area contributed by atoms with E-state index in [-0.39, 0.29) is 27.0 Å². The van der Waals surface area contributed by atoms with Gasteiger partial charge in [-0.05, 0) is 64.0 Å². The van der Waals surface area contributed by atoms with Gasteiger partial charge in [-0.1, -0.05) is 111 Å². The molecule has 0 saturated heterocycles. The highest BCUT2D eigenvalue weighted by molar-refractivity contribution is 7.90. The molecule has 1 amide bonds. The molecule has 3 aromatic rings. The number of nitrogens with zero attached hydrogens (tertiary/aromatic N) is 3. The maximum Gasteiger partial charge on any atom is 0.299 e. The number of aryl methyl sites for hydroxylation is 1. The summed E-state index contributed by atoms with van der Waals surface area (Å²) in [4.78, 5) is 15.5. The maximum absolute atomic E-state index is 13.9. The van der Waals surface area contributed by atoms with Crippen LogP contribution in [0.2, 0.25) is 0 Å². The van der Waals surface area contributed by atoms with E-state index in [2.05, 4.69) is 78.0 Å². The molecular weight excluding hydrogens is 582 g/mol. The van der Waals surface area contributed by atoms with Crippen LogP contribution in [0.3, 0.4) is 0 Å². The Labute approximate surface area is 270 Å². The number of ether oxygens (including phenoxy) is 1. The molecule has 0 aliphatic carbocycles. The Bertz CT molecular complexity index is 1790. The number of rotatable bonds is 3. The van der Waals surface area contributed by atoms with Crippen LogP contribution in [-0.4, -0.2) is 14.3 Å². The van der Waals surface area contributed by atoms with E-state index in [1.54, 1.807) is 17.0 Å². The molecule has 0 fully saturated rings.